The first-order valence-electron chi connectivity index (χ1n) is 10.1. The highest BCUT2D eigenvalue weighted by molar-refractivity contribution is 7.90. The van der Waals surface area contributed by atoms with Crippen molar-refractivity contribution in [2.24, 2.45) is 5.92 Å². The van der Waals surface area contributed by atoms with Gasteiger partial charge < -0.3 is 5.32 Å². The van der Waals surface area contributed by atoms with Gasteiger partial charge in [-0.15, -0.1) is 0 Å². The maximum Gasteiger partial charge on any atom is 0.262 e. The first-order chi connectivity index (χ1) is 14.5. The summed E-state index contributed by atoms with van der Waals surface area (Å²) in [4.78, 5) is 40.2. The van der Waals surface area contributed by atoms with Gasteiger partial charge in [-0.2, -0.15) is 0 Å². The lowest BCUT2D eigenvalue weighted by atomic mass is 10.0. The Bertz CT molecular complexity index is 1090. The van der Waals surface area contributed by atoms with Crippen molar-refractivity contribution in [1.29, 1.82) is 0 Å². The smallest absolute Gasteiger partial charge is 0.262 e. The summed E-state index contributed by atoms with van der Waals surface area (Å²) < 4.78 is 23.3. The standard InChI is InChI=1S/C23H26N2O5S/c1-14(2)13-20(25-22(27)18-7-5-6-8-19(18)23(25)28)21(26)24-15(3)16-9-11-17(12-10-16)31(4,29)30/h5-12,14-15,20H,13H2,1-4H3,(H,24,26)/t15-,20-/m0/s1. The van der Waals surface area contributed by atoms with Crippen LogP contribution >= 0.6 is 0 Å². The predicted molar refractivity (Wildman–Crippen MR) is 116 cm³/mol. The molecule has 0 saturated carbocycles. The number of imide groups is 1. The van der Waals surface area contributed by atoms with Crippen LogP contribution in [0.5, 0.6) is 0 Å². The van der Waals surface area contributed by atoms with Crippen molar-refractivity contribution in [3.05, 3.63) is 65.2 Å². The van der Waals surface area contributed by atoms with Gasteiger partial charge in [-0.25, -0.2) is 8.42 Å². The van der Waals surface area contributed by atoms with Crippen LogP contribution in [-0.2, 0) is 14.6 Å². The second kappa shape index (κ2) is 8.63. The highest BCUT2D eigenvalue weighted by Gasteiger charge is 2.42. The average molecular weight is 443 g/mol. The molecule has 0 unspecified atom stereocenters. The minimum atomic E-state index is -3.31. The number of amides is 3. The summed E-state index contributed by atoms with van der Waals surface area (Å²) in [6, 6.07) is 11.4. The lowest BCUT2D eigenvalue weighted by molar-refractivity contribution is -0.126. The average Bonchev–Trinajstić information content (AvgIpc) is 2.96. The highest BCUT2D eigenvalue weighted by Crippen LogP contribution is 2.27. The predicted octanol–water partition coefficient (Wildman–Crippen LogP) is 2.98. The van der Waals surface area contributed by atoms with E-state index in [1.165, 1.54) is 12.1 Å². The first kappa shape index (κ1) is 22.7. The van der Waals surface area contributed by atoms with Crippen LogP contribution in [0, 0.1) is 5.92 Å². The third-order valence-corrected chi connectivity index (χ3v) is 6.43. The molecule has 2 aromatic carbocycles. The molecule has 31 heavy (non-hydrogen) atoms. The van der Waals surface area contributed by atoms with Crippen molar-refractivity contribution < 1.29 is 22.8 Å². The maximum atomic E-state index is 13.2. The fraction of sp³-hybridized carbons (Fsp3) is 0.348. The van der Waals surface area contributed by atoms with Crippen LogP contribution in [0.2, 0.25) is 0 Å². The highest BCUT2D eigenvalue weighted by atomic mass is 32.2. The lowest BCUT2D eigenvalue weighted by Gasteiger charge is -2.28. The summed E-state index contributed by atoms with van der Waals surface area (Å²) in [6.07, 6.45) is 1.46. The number of benzene rings is 2. The van der Waals surface area contributed by atoms with E-state index in [1.807, 2.05) is 13.8 Å². The molecule has 2 aromatic rings. The molecule has 1 aliphatic rings. The van der Waals surface area contributed by atoms with Crippen molar-refractivity contribution in [3.8, 4) is 0 Å². The molecule has 1 aliphatic heterocycles. The summed E-state index contributed by atoms with van der Waals surface area (Å²) >= 11 is 0. The van der Waals surface area contributed by atoms with E-state index in [1.54, 1.807) is 43.3 Å². The van der Waals surface area contributed by atoms with Crippen molar-refractivity contribution in [2.45, 2.75) is 44.2 Å². The van der Waals surface area contributed by atoms with Gasteiger partial charge in [-0.1, -0.05) is 38.1 Å². The molecule has 0 aromatic heterocycles. The fourth-order valence-electron chi connectivity index (χ4n) is 3.66. The molecule has 1 heterocycles. The van der Waals surface area contributed by atoms with E-state index in [9.17, 15) is 22.8 Å². The quantitative estimate of drug-likeness (QED) is 0.665. The van der Waals surface area contributed by atoms with Crippen LogP contribution in [0.15, 0.2) is 53.4 Å². The van der Waals surface area contributed by atoms with Gasteiger partial charge in [0.25, 0.3) is 11.8 Å². The van der Waals surface area contributed by atoms with E-state index < -0.39 is 39.6 Å². The zero-order chi connectivity index (χ0) is 22.9. The molecule has 164 valence electrons. The normalized spacial score (nSPS) is 15.7. The Labute approximate surface area is 182 Å². The van der Waals surface area contributed by atoms with Gasteiger partial charge >= 0.3 is 0 Å². The van der Waals surface area contributed by atoms with Crippen LogP contribution < -0.4 is 5.32 Å². The molecule has 0 fully saturated rings. The number of fused-ring (bicyclic) bond motifs is 1. The molecule has 3 amide bonds. The van der Waals surface area contributed by atoms with Crippen molar-refractivity contribution in [1.82, 2.24) is 10.2 Å². The number of rotatable bonds is 7. The molecule has 0 saturated heterocycles. The number of sulfone groups is 1. The maximum absolute atomic E-state index is 13.2. The summed E-state index contributed by atoms with van der Waals surface area (Å²) in [7, 11) is -3.31. The summed E-state index contributed by atoms with van der Waals surface area (Å²) in [5, 5.41) is 2.87. The van der Waals surface area contributed by atoms with E-state index in [2.05, 4.69) is 5.32 Å². The van der Waals surface area contributed by atoms with Gasteiger partial charge in [0.1, 0.15) is 6.04 Å². The van der Waals surface area contributed by atoms with Crippen molar-refractivity contribution in [2.75, 3.05) is 6.26 Å². The topological polar surface area (TPSA) is 101 Å². The molecule has 1 N–H and O–H groups in total. The summed E-state index contributed by atoms with van der Waals surface area (Å²) in [5.41, 5.74) is 1.32. The third-order valence-electron chi connectivity index (χ3n) is 5.30. The number of carbonyl (C=O) groups is 3. The Kier molecular flexibility index (Phi) is 6.31. The second-order valence-corrected chi connectivity index (χ2v) is 10.3. The minimum absolute atomic E-state index is 0.0735. The lowest BCUT2D eigenvalue weighted by Crippen LogP contribution is -2.50. The SMILES string of the molecule is CC(C)C[C@@H](C(=O)N[C@@H](C)c1ccc(S(C)(=O)=O)cc1)N1C(=O)c2ccccc2C1=O. The molecular weight excluding hydrogens is 416 g/mol. The second-order valence-electron chi connectivity index (χ2n) is 8.24. The first-order valence-corrected chi connectivity index (χ1v) is 12.0. The largest absolute Gasteiger partial charge is 0.348 e. The molecular formula is C23H26N2O5S. The Morgan fingerprint density at radius 2 is 1.45 bits per heavy atom. The van der Waals surface area contributed by atoms with Crippen LogP contribution in [-0.4, -0.2) is 43.3 Å². The van der Waals surface area contributed by atoms with Crippen molar-refractivity contribution >= 4 is 27.6 Å². The van der Waals surface area contributed by atoms with Gasteiger partial charge in [-0.05, 0) is 49.1 Å². The van der Waals surface area contributed by atoms with Crippen molar-refractivity contribution in [3.63, 3.8) is 0 Å². The summed E-state index contributed by atoms with van der Waals surface area (Å²) in [5.74, 6) is -1.29. The zero-order valence-electron chi connectivity index (χ0n) is 18.0. The fourth-order valence-corrected chi connectivity index (χ4v) is 4.29. The molecule has 0 bridgehead atoms. The molecule has 2 atom stereocenters. The number of hydrogen-bond acceptors (Lipinski definition) is 5. The van der Waals surface area contributed by atoms with Gasteiger partial charge in [0.05, 0.1) is 22.1 Å². The van der Waals surface area contributed by atoms with Gasteiger partial charge in [0.2, 0.25) is 5.91 Å². The molecule has 0 aliphatic carbocycles. The molecule has 3 rings (SSSR count). The Hall–Kier alpha value is -3.00. The number of nitrogens with one attached hydrogen (secondary N) is 1. The Morgan fingerprint density at radius 1 is 0.935 bits per heavy atom. The van der Waals surface area contributed by atoms with Gasteiger partial charge in [0.15, 0.2) is 9.84 Å². The molecule has 0 radical (unpaired) electrons. The van der Waals surface area contributed by atoms with Crippen LogP contribution in [0.25, 0.3) is 0 Å². The van der Waals surface area contributed by atoms with Gasteiger partial charge in [0, 0.05) is 6.26 Å². The molecule has 7 nitrogen and oxygen atoms in total. The Morgan fingerprint density at radius 3 is 1.90 bits per heavy atom. The van der Waals surface area contributed by atoms with E-state index in [0.717, 1.165) is 11.2 Å². The number of carbonyl (C=O) groups excluding carboxylic acids is 3. The minimum Gasteiger partial charge on any atom is -0.348 e. The monoisotopic (exact) mass is 442 g/mol. The van der Waals surface area contributed by atoms with Crippen LogP contribution in [0.3, 0.4) is 0 Å². The zero-order valence-corrected chi connectivity index (χ0v) is 18.8. The van der Waals surface area contributed by atoms with Crippen LogP contribution in [0.1, 0.15) is 59.5 Å². The molecule has 0 spiro atoms. The van der Waals surface area contributed by atoms with Gasteiger partial charge in [-0.3, -0.25) is 19.3 Å². The number of nitrogens with zero attached hydrogens (tertiary/aromatic N) is 1. The number of hydrogen-bond donors (Lipinski definition) is 1. The Balaban J connectivity index is 1.83. The van der Waals surface area contributed by atoms with E-state index in [-0.39, 0.29) is 10.8 Å². The van der Waals surface area contributed by atoms with Crippen LogP contribution in [0.4, 0.5) is 0 Å². The van der Waals surface area contributed by atoms with E-state index in [0.29, 0.717) is 23.1 Å². The van der Waals surface area contributed by atoms with E-state index >= 15 is 0 Å². The van der Waals surface area contributed by atoms with E-state index in [4.69, 9.17) is 0 Å². The molecule has 8 heteroatoms. The summed E-state index contributed by atoms with van der Waals surface area (Å²) in [6.45, 7) is 5.61. The third kappa shape index (κ3) is 4.69.